The van der Waals surface area contributed by atoms with Crippen LogP contribution in [-0.4, -0.2) is 50.7 Å². The van der Waals surface area contributed by atoms with Gasteiger partial charge in [-0.05, 0) is 18.9 Å². The summed E-state index contributed by atoms with van der Waals surface area (Å²) < 4.78 is 8.28. The largest absolute Gasteiger partial charge is 0.382 e. The summed E-state index contributed by atoms with van der Waals surface area (Å²) in [5.41, 5.74) is 13.0. The Morgan fingerprint density at radius 3 is 2.65 bits per heavy atom. The molecule has 5 heterocycles. The molecule has 1 spiro atoms. The number of nitrogens with two attached hydrogens (primary N) is 2. The second-order valence-electron chi connectivity index (χ2n) is 8.96. The maximum Gasteiger partial charge on any atom is 0.211 e. The molecule has 164 valence electrons. The molecule has 4 N–H and O–H groups in total. The zero-order valence-corrected chi connectivity index (χ0v) is 19.2. The standard InChI is InChI=1S/C21H26ClN7OS/c1-20(2)12-30-21(18(20)24)4-8-28(9-5-21)19-27-11-14(17-26-7-10-29(17)19)31-13-3-6-25-16(23)15(13)22/h3,6-7,10-11,18H,4-5,8-9,12,24H2,1-2H3,(H2,23,25)/t18-/m0/s1. The molecule has 2 aliphatic rings. The summed E-state index contributed by atoms with van der Waals surface area (Å²) in [4.78, 5) is 17.4. The quantitative estimate of drug-likeness (QED) is 0.614. The second kappa shape index (κ2) is 7.51. The van der Waals surface area contributed by atoms with Crippen LogP contribution in [0.3, 0.4) is 0 Å². The Morgan fingerprint density at radius 2 is 1.94 bits per heavy atom. The summed E-state index contributed by atoms with van der Waals surface area (Å²) in [6.07, 6.45) is 9.00. The lowest BCUT2D eigenvalue weighted by molar-refractivity contribution is -0.0236. The first kappa shape index (κ1) is 20.8. The number of ether oxygens (including phenoxy) is 1. The maximum atomic E-state index is 6.60. The van der Waals surface area contributed by atoms with E-state index in [1.54, 1.807) is 12.4 Å². The zero-order valence-electron chi connectivity index (χ0n) is 17.6. The Labute approximate surface area is 190 Å². The number of pyridine rings is 1. The number of nitrogen functional groups attached to an aromatic ring is 1. The number of rotatable bonds is 3. The number of hydrogen-bond donors (Lipinski definition) is 2. The topological polar surface area (TPSA) is 108 Å². The predicted molar refractivity (Wildman–Crippen MR) is 123 cm³/mol. The molecular formula is C21H26ClN7OS. The minimum Gasteiger partial charge on any atom is -0.382 e. The van der Waals surface area contributed by atoms with Crippen molar-refractivity contribution in [2.75, 3.05) is 30.3 Å². The highest BCUT2D eigenvalue weighted by Crippen LogP contribution is 2.44. The van der Waals surface area contributed by atoms with Crippen molar-refractivity contribution in [3.05, 3.63) is 35.9 Å². The lowest BCUT2D eigenvalue weighted by Crippen LogP contribution is -2.56. The molecule has 1 atom stereocenters. The molecule has 3 aromatic heterocycles. The smallest absolute Gasteiger partial charge is 0.211 e. The van der Waals surface area contributed by atoms with E-state index in [1.807, 2.05) is 22.9 Å². The Balaban J connectivity index is 1.40. The van der Waals surface area contributed by atoms with Gasteiger partial charge in [0.2, 0.25) is 5.95 Å². The van der Waals surface area contributed by atoms with E-state index in [0.717, 1.165) is 47.3 Å². The van der Waals surface area contributed by atoms with Crippen molar-refractivity contribution >= 4 is 40.8 Å². The van der Waals surface area contributed by atoms with Crippen LogP contribution in [0.15, 0.2) is 40.6 Å². The molecule has 0 aliphatic carbocycles. The lowest BCUT2D eigenvalue weighted by Gasteiger charge is -2.42. The maximum absolute atomic E-state index is 6.60. The molecule has 2 saturated heterocycles. The average molecular weight is 460 g/mol. The number of imidazole rings is 1. The molecule has 3 aromatic rings. The van der Waals surface area contributed by atoms with Gasteiger partial charge >= 0.3 is 0 Å². The van der Waals surface area contributed by atoms with Crippen LogP contribution < -0.4 is 16.4 Å². The third-order valence-corrected chi connectivity index (χ3v) is 8.08. The van der Waals surface area contributed by atoms with E-state index in [-0.39, 0.29) is 17.1 Å². The second-order valence-corrected chi connectivity index (χ2v) is 10.4. The molecule has 0 bridgehead atoms. The van der Waals surface area contributed by atoms with E-state index >= 15 is 0 Å². The summed E-state index contributed by atoms with van der Waals surface area (Å²) >= 11 is 7.81. The number of hydrogen-bond acceptors (Lipinski definition) is 8. The molecule has 0 amide bonds. The monoisotopic (exact) mass is 459 g/mol. The van der Waals surface area contributed by atoms with Crippen molar-refractivity contribution < 1.29 is 4.74 Å². The Kier molecular flexibility index (Phi) is 5.04. The van der Waals surface area contributed by atoms with Gasteiger partial charge in [0.25, 0.3) is 0 Å². The van der Waals surface area contributed by atoms with Crippen LogP contribution in [0.25, 0.3) is 5.65 Å². The van der Waals surface area contributed by atoms with Gasteiger partial charge in [0.1, 0.15) is 5.82 Å². The molecule has 0 saturated carbocycles. The summed E-state index contributed by atoms with van der Waals surface area (Å²) in [5.74, 6) is 1.19. The highest BCUT2D eigenvalue weighted by atomic mass is 35.5. The van der Waals surface area contributed by atoms with Crippen LogP contribution in [-0.2, 0) is 4.74 Å². The van der Waals surface area contributed by atoms with Crippen molar-refractivity contribution in [1.29, 1.82) is 0 Å². The molecule has 10 heteroatoms. The van der Waals surface area contributed by atoms with Gasteiger partial charge in [0.15, 0.2) is 5.65 Å². The van der Waals surface area contributed by atoms with E-state index in [2.05, 4.69) is 28.7 Å². The normalized spacial score (nSPS) is 22.5. The van der Waals surface area contributed by atoms with E-state index in [9.17, 15) is 0 Å². The van der Waals surface area contributed by atoms with Gasteiger partial charge < -0.3 is 21.1 Å². The lowest BCUT2D eigenvalue weighted by atomic mass is 9.75. The molecular weight excluding hydrogens is 434 g/mol. The van der Waals surface area contributed by atoms with Crippen LogP contribution in [0, 0.1) is 5.41 Å². The number of nitrogens with zero attached hydrogens (tertiary/aromatic N) is 5. The Hall–Kier alpha value is -2.07. The van der Waals surface area contributed by atoms with Crippen molar-refractivity contribution in [1.82, 2.24) is 19.4 Å². The van der Waals surface area contributed by atoms with Gasteiger partial charge in [0, 0.05) is 54.2 Å². The summed E-state index contributed by atoms with van der Waals surface area (Å²) in [5, 5.41) is 0.443. The molecule has 2 fully saturated rings. The van der Waals surface area contributed by atoms with Gasteiger partial charge in [-0.1, -0.05) is 37.2 Å². The first-order valence-corrected chi connectivity index (χ1v) is 11.5. The van der Waals surface area contributed by atoms with Gasteiger partial charge in [-0.25, -0.2) is 15.0 Å². The minimum absolute atomic E-state index is 0.00846. The molecule has 0 radical (unpaired) electrons. The molecule has 2 aliphatic heterocycles. The van der Waals surface area contributed by atoms with E-state index in [0.29, 0.717) is 17.4 Å². The fourth-order valence-electron chi connectivity index (χ4n) is 4.59. The zero-order chi connectivity index (χ0) is 21.8. The summed E-state index contributed by atoms with van der Waals surface area (Å²) in [7, 11) is 0. The fourth-order valence-corrected chi connectivity index (χ4v) is 5.73. The third-order valence-electron chi connectivity index (χ3n) is 6.51. The first-order valence-electron chi connectivity index (χ1n) is 10.4. The Morgan fingerprint density at radius 1 is 1.16 bits per heavy atom. The molecule has 31 heavy (non-hydrogen) atoms. The number of anilines is 2. The van der Waals surface area contributed by atoms with Gasteiger partial charge in [0.05, 0.1) is 22.1 Å². The first-order chi connectivity index (χ1) is 14.8. The number of piperidine rings is 1. The van der Waals surface area contributed by atoms with Crippen LogP contribution in [0.5, 0.6) is 0 Å². The highest BCUT2D eigenvalue weighted by Gasteiger charge is 2.53. The van der Waals surface area contributed by atoms with Gasteiger partial charge in [-0.2, -0.15) is 0 Å². The van der Waals surface area contributed by atoms with E-state index in [1.165, 1.54) is 11.8 Å². The van der Waals surface area contributed by atoms with Crippen LogP contribution in [0.4, 0.5) is 11.8 Å². The average Bonchev–Trinajstić information content (AvgIpc) is 3.33. The van der Waals surface area contributed by atoms with Gasteiger partial charge in [-0.3, -0.25) is 4.40 Å². The molecule has 0 unspecified atom stereocenters. The van der Waals surface area contributed by atoms with Gasteiger partial charge in [-0.15, -0.1) is 0 Å². The van der Waals surface area contributed by atoms with Crippen molar-refractivity contribution in [2.45, 2.75) is 48.1 Å². The molecule has 8 nitrogen and oxygen atoms in total. The van der Waals surface area contributed by atoms with Crippen molar-refractivity contribution in [3.63, 3.8) is 0 Å². The minimum atomic E-state index is -0.234. The van der Waals surface area contributed by atoms with E-state index in [4.69, 9.17) is 32.8 Å². The molecule has 0 aromatic carbocycles. The van der Waals surface area contributed by atoms with E-state index < -0.39 is 0 Å². The van der Waals surface area contributed by atoms with Crippen LogP contribution >= 0.6 is 23.4 Å². The number of fused-ring (bicyclic) bond motifs is 1. The predicted octanol–water partition coefficient (Wildman–Crippen LogP) is 3.23. The number of halogens is 1. The highest BCUT2D eigenvalue weighted by molar-refractivity contribution is 7.99. The third kappa shape index (κ3) is 3.44. The number of aromatic nitrogens is 4. The fraction of sp³-hybridized carbons (Fsp3) is 0.476. The SMILES string of the molecule is CC1(C)COC2(CCN(c3ncc(Sc4ccnc(N)c4Cl)c4nccn34)CC2)[C@H]1N. The van der Waals surface area contributed by atoms with Crippen molar-refractivity contribution in [3.8, 4) is 0 Å². The van der Waals surface area contributed by atoms with Crippen LogP contribution in [0.1, 0.15) is 26.7 Å². The van der Waals surface area contributed by atoms with Crippen LogP contribution in [0.2, 0.25) is 5.02 Å². The summed E-state index contributed by atoms with van der Waals surface area (Å²) in [6.45, 7) is 6.77. The molecule has 5 rings (SSSR count). The Bertz CT molecular complexity index is 1130. The van der Waals surface area contributed by atoms with Crippen molar-refractivity contribution in [2.24, 2.45) is 11.1 Å². The summed E-state index contributed by atoms with van der Waals surface area (Å²) in [6, 6.07) is 1.88.